The number of hydrogen-bond acceptors (Lipinski definition) is 4. The Kier molecular flexibility index (Phi) is 4.92. The van der Waals surface area contributed by atoms with Crippen LogP contribution >= 0.6 is 0 Å². The molecule has 0 bridgehead atoms. The summed E-state index contributed by atoms with van der Waals surface area (Å²) in [5.41, 5.74) is 0.994. The van der Waals surface area contributed by atoms with Crippen LogP contribution in [-0.2, 0) is 18.3 Å². The second kappa shape index (κ2) is 7.28. The van der Waals surface area contributed by atoms with Gasteiger partial charge in [-0.2, -0.15) is 10.2 Å². The first-order chi connectivity index (χ1) is 11.2. The highest BCUT2D eigenvalue weighted by Crippen LogP contribution is 2.28. The van der Waals surface area contributed by atoms with E-state index in [-0.39, 0.29) is 18.2 Å². The van der Waals surface area contributed by atoms with Gasteiger partial charge < -0.3 is 15.4 Å². The molecule has 8 nitrogen and oxygen atoms in total. The van der Waals surface area contributed by atoms with Crippen molar-refractivity contribution in [1.29, 1.82) is 0 Å². The first-order valence-electron chi connectivity index (χ1n) is 7.84. The smallest absolute Gasteiger partial charge is 0.315 e. The lowest BCUT2D eigenvalue weighted by Gasteiger charge is -2.19. The molecule has 2 N–H and O–H groups in total. The average molecular weight is 318 g/mol. The van der Waals surface area contributed by atoms with Crippen LogP contribution in [0.5, 0.6) is 0 Å². The van der Waals surface area contributed by atoms with Gasteiger partial charge >= 0.3 is 6.03 Å². The van der Waals surface area contributed by atoms with Gasteiger partial charge in [-0.25, -0.2) is 4.79 Å². The van der Waals surface area contributed by atoms with Crippen LogP contribution in [0.25, 0.3) is 0 Å². The van der Waals surface area contributed by atoms with E-state index >= 15 is 0 Å². The van der Waals surface area contributed by atoms with Crippen molar-refractivity contribution in [2.24, 2.45) is 7.05 Å². The molecular weight excluding hydrogens is 296 g/mol. The lowest BCUT2D eigenvalue weighted by molar-refractivity contribution is 0.0999. The summed E-state index contributed by atoms with van der Waals surface area (Å²) < 4.78 is 9.32. The fourth-order valence-corrected chi connectivity index (χ4v) is 2.75. The van der Waals surface area contributed by atoms with E-state index in [1.165, 1.54) is 0 Å². The van der Waals surface area contributed by atoms with E-state index in [9.17, 15) is 4.79 Å². The Balaban J connectivity index is 1.41. The Labute approximate surface area is 134 Å². The van der Waals surface area contributed by atoms with Crippen LogP contribution in [0.2, 0.25) is 0 Å². The Morgan fingerprint density at radius 1 is 1.48 bits per heavy atom. The Bertz CT molecular complexity index is 624. The number of nitrogens with zero attached hydrogens (tertiary/aromatic N) is 4. The van der Waals surface area contributed by atoms with Crippen LogP contribution in [-0.4, -0.2) is 44.8 Å². The first-order valence-corrected chi connectivity index (χ1v) is 7.84. The number of aromatic nitrogens is 4. The van der Waals surface area contributed by atoms with Gasteiger partial charge in [0.1, 0.15) is 6.10 Å². The van der Waals surface area contributed by atoms with E-state index in [2.05, 4.69) is 20.8 Å². The van der Waals surface area contributed by atoms with E-state index in [1.807, 2.05) is 30.2 Å². The number of aryl methyl sites for hydroxylation is 2. The number of ether oxygens (including phenoxy) is 1. The van der Waals surface area contributed by atoms with Gasteiger partial charge in [-0.15, -0.1) is 0 Å². The zero-order chi connectivity index (χ0) is 16.1. The predicted octanol–water partition coefficient (Wildman–Crippen LogP) is 0.836. The molecule has 124 valence electrons. The molecule has 23 heavy (non-hydrogen) atoms. The summed E-state index contributed by atoms with van der Waals surface area (Å²) in [4.78, 5) is 12.0. The van der Waals surface area contributed by atoms with Crippen molar-refractivity contribution < 1.29 is 9.53 Å². The average Bonchev–Trinajstić information content (AvgIpc) is 3.25. The van der Waals surface area contributed by atoms with E-state index < -0.39 is 0 Å². The van der Waals surface area contributed by atoms with Gasteiger partial charge in [0.15, 0.2) is 0 Å². The van der Waals surface area contributed by atoms with Crippen molar-refractivity contribution in [3.05, 3.63) is 36.4 Å². The fourth-order valence-electron chi connectivity index (χ4n) is 2.75. The number of nitrogens with one attached hydrogen (secondary N) is 2. The molecular formula is C15H22N6O2. The lowest BCUT2D eigenvalue weighted by atomic mass is 10.1. The Morgan fingerprint density at radius 3 is 3.13 bits per heavy atom. The molecule has 1 fully saturated rings. The molecule has 2 atom stereocenters. The molecule has 1 aliphatic heterocycles. The molecule has 0 aromatic carbocycles. The number of carbonyl (C=O) groups is 1. The normalized spacial score (nSPS) is 20.6. The van der Waals surface area contributed by atoms with Crippen molar-refractivity contribution >= 4 is 6.03 Å². The zero-order valence-corrected chi connectivity index (χ0v) is 13.2. The second-order valence-electron chi connectivity index (χ2n) is 5.66. The third-order valence-corrected chi connectivity index (χ3v) is 3.87. The highest BCUT2D eigenvalue weighted by molar-refractivity contribution is 5.74. The van der Waals surface area contributed by atoms with E-state index in [0.29, 0.717) is 13.2 Å². The number of carbonyl (C=O) groups excluding carboxylic acids is 1. The molecule has 2 aromatic heterocycles. The second-order valence-corrected chi connectivity index (χ2v) is 5.66. The van der Waals surface area contributed by atoms with Crippen molar-refractivity contribution in [2.75, 3.05) is 13.2 Å². The van der Waals surface area contributed by atoms with Gasteiger partial charge in [0, 0.05) is 50.9 Å². The summed E-state index contributed by atoms with van der Waals surface area (Å²) >= 11 is 0. The lowest BCUT2D eigenvalue weighted by Crippen LogP contribution is -2.43. The highest BCUT2D eigenvalue weighted by Gasteiger charge is 2.31. The summed E-state index contributed by atoms with van der Waals surface area (Å²) in [7, 11) is 1.87. The molecule has 0 spiro atoms. The van der Waals surface area contributed by atoms with Crippen molar-refractivity contribution in [3.8, 4) is 0 Å². The molecule has 2 amide bonds. The molecule has 0 unspecified atom stereocenters. The maximum atomic E-state index is 12.0. The van der Waals surface area contributed by atoms with Crippen molar-refractivity contribution in [3.63, 3.8) is 0 Å². The van der Waals surface area contributed by atoms with Gasteiger partial charge in [-0.3, -0.25) is 9.36 Å². The van der Waals surface area contributed by atoms with Crippen LogP contribution in [0.15, 0.2) is 30.9 Å². The minimum atomic E-state index is -0.158. The molecule has 0 radical (unpaired) electrons. The summed E-state index contributed by atoms with van der Waals surface area (Å²) in [6.07, 6.45) is 8.88. The third-order valence-electron chi connectivity index (χ3n) is 3.87. The van der Waals surface area contributed by atoms with Crippen LogP contribution in [0.3, 0.4) is 0 Å². The van der Waals surface area contributed by atoms with Crippen LogP contribution in [0.4, 0.5) is 4.79 Å². The van der Waals surface area contributed by atoms with Crippen molar-refractivity contribution in [1.82, 2.24) is 30.2 Å². The Hall–Kier alpha value is -2.35. The largest absolute Gasteiger partial charge is 0.371 e. The number of rotatable bonds is 6. The molecule has 8 heteroatoms. The maximum absolute atomic E-state index is 12.0. The quantitative estimate of drug-likeness (QED) is 0.773. The topological polar surface area (TPSA) is 86.0 Å². The summed E-state index contributed by atoms with van der Waals surface area (Å²) in [6, 6.07) is 1.71. The van der Waals surface area contributed by atoms with E-state index in [0.717, 1.165) is 24.9 Å². The summed E-state index contributed by atoms with van der Waals surface area (Å²) in [5, 5.41) is 14.2. The summed E-state index contributed by atoms with van der Waals surface area (Å²) in [6.45, 7) is 2.04. The maximum Gasteiger partial charge on any atom is 0.315 e. The minimum absolute atomic E-state index is 0.0229. The summed E-state index contributed by atoms with van der Waals surface area (Å²) in [5.74, 6) is 0. The van der Waals surface area contributed by atoms with Gasteiger partial charge in [0.2, 0.25) is 0 Å². The van der Waals surface area contributed by atoms with Crippen LogP contribution < -0.4 is 10.6 Å². The van der Waals surface area contributed by atoms with Gasteiger partial charge in [-0.1, -0.05) is 0 Å². The number of hydrogen-bond donors (Lipinski definition) is 2. The third kappa shape index (κ3) is 4.10. The van der Waals surface area contributed by atoms with Crippen molar-refractivity contribution in [2.45, 2.75) is 31.5 Å². The fraction of sp³-hybridized carbons (Fsp3) is 0.533. The van der Waals surface area contributed by atoms with Gasteiger partial charge in [-0.05, 0) is 18.9 Å². The predicted molar refractivity (Wildman–Crippen MR) is 83.7 cm³/mol. The Morgan fingerprint density at radius 2 is 2.39 bits per heavy atom. The van der Waals surface area contributed by atoms with Gasteiger partial charge in [0.05, 0.1) is 12.2 Å². The monoisotopic (exact) mass is 318 g/mol. The van der Waals surface area contributed by atoms with Crippen LogP contribution in [0.1, 0.15) is 24.5 Å². The molecule has 0 saturated carbocycles. The van der Waals surface area contributed by atoms with Gasteiger partial charge in [0.25, 0.3) is 0 Å². The molecule has 1 saturated heterocycles. The zero-order valence-electron chi connectivity index (χ0n) is 13.2. The molecule has 3 heterocycles. The van der Waals surface area contributed by atoms with Crippen LogP contribution in [0, 0.1) is 0 Å². The highest BCUT2D eigenvalue weighted by atomic mass is 16.5. The molecule has 2 aromatic rings. The molecule has 0 aliphatic carbocycles. The van der Waals surface area contributed by atoms with E-state index in [4.69, 9.17) is 4.74 Å². The number of amides is 2. The van der Waals surface area contributed by atoms with E-state index in [1.54, 1.807) is 17.1 Å². The number of urea groups is 1. The molecule has 1 aliphatic rings. The SMILES string of the molecule is Cn1cc([C@H]2OCC[C@@H]2NC(=O)NCCCn2cccn2)cn1. The standard InChI is InChI=1S/C15H22N6O2/c1-20-11-12(10-18-20)14-13(4-9-23-14)19-15(22)16-5-2-7-21-8-3-6-17-21/h3,6,8,10-11,13-14H,2,4-5,7,9H2,1H3,(H2,16,19,22)/t13-,14+/m0/s1. The first kappa shape index (κ1) is 15.5. The minimum Gasteiger partial charge on any atom is -0.371 e. The molecule has 3 rings (SSSR count).